The fraction of sp³-hybridized carbons (Fsp3) is 0.500. The number of carbonyl (C=O) groups excluding carboxylic acids is 1. The zero-order valence-corrected chi connectivity index (χ0v) is 5.58. The van der Waals surface area contributed by atoms with Gasteiger partial charge in [-0.15, -0.1) is 6.58 Å². The lowest BCUT2D eigenvalue weighted by Gasteiger charge is -2.15. The van der Waals surface area contributed by atoms with Crippen molar-refractivity contribution in [1.82, 2.24) is 10.2 Å². The number of hydrogen-bond acceptors (Lipinski definition) is 2. The molecule has 1 unspecified atom stereocenters. The van der Waals surface area contributed by atoms with Gasteiger partial charge in [0.05, 0.1) is 6.54 Å². The maximum absolute atomic E-state index is 10.8. The van der Waals surface area contributed by atoms with Gasteiger partial charge in [-0.25, -0.2) is 4.79 Å². The van der Waals surface area contributed by atoms with Crippen LogP contribution in [0.4, 0.5) is 4.79 Å². The van der Waals surface area contributed by atoms with Crippen LogP contribution >= 0.6 is 0 Å². The second-order valence-electron chi connectivity index (χ2n) is 2.11. The van der Waals surface area contributed by atoms with Gasteiger partial charge in [0, 0.05) is 6.54 Å². The predicted molar refractivity (Wildman–Crippen MR) is 36.3 cm³/mol. The van der Waals surface area contributed by atoms with Crippen LogP contribution in [-0.2, 0) is 0 Å². The Morgan fingerprint density at radius 1 is 2.00 bits per heavy atom. The van der Waals surface area contributed by atoms with Crippen molar-refractivity contribution in [3.05, 3.63) is 12.7 Å². The Bertz CT molecular complexity index is 158. The number of β-amino-alcohol motifs (C(OH)–C–C–N with tert-alkyl or cyclic N) is 1. The third-order valence-electron chi connectivity index (χ3n) is 1.38. The highest BCUT2D eigenvalue weighted by molar-refractivity contribution is 5.76. The molecular weight excluding hydrogens is 132 g/mol. The summed E-state index contributed by atoms with van der Waals surface area (Å²) in [5.74, 6) is 0. The first kappa shape index (κ1) is 7.08. The van der Waals surface area contributed by atoms with E-state index in [-0.39, 0.29) is 6.03 Å². The topological polar surface area (TPSA) is 52.6 Å². The minimum atomic E-state index is -0.689. The number of amides is 2. The van der Waals surface area contributed by atoms with E-state index in [2.05, 4.69) is 11.9 Å². The number of hydrogen-bond donors (Lipinski definition) is 2. The third-order valence-corrected chi connectivity index (χ3v) is 1.38. The van der Waals surface area contributed by atoms with E-state index >= 15 is 0 Å². The lowest BCUT2D eigenvalue weighted by molar-refractivity contribution is 0.0723. The van der Waals surface area contributed by atoms with Gasteiger partial charge < -0.3 is 10.4 Å². The van der Waals surface area contributed by atoms with Crippen LogP contribution in [0.25, 0.3) is 0 Å². The van der Waals surface area contributed by atoms with Crippen LogP contribution in [0.2, 0.25) is 0 Å². The van der Waals surface area contributed by atoms with Gasteiger partial charge in [0.2, 0.25) is 0 Å². The number of rotatable bonds is 2. The molecule has 1 saturated heterocycles. The van der Waals surface area contributed by atoms with Gasteiger partial charge in [-0.2, -0.15) is 0 Å². The molecule has 0 spiro atoms. The Kier molecular flexibility index (Phi) is 1.91. The zero-order valence-electron chi connectivity index (χ0n) is 5.58. The van der Waals surface area contributed by atoms with Crippen LogP contribution < -0.4 is 5.32 Å². The van der Waals surface area contributed by atoms with E-state index in [1.54, 1.807) is 6.08 Å². The van der Waals surface area contributed by atoms with Crippen LogP contribution in [-0.4, -0.2) is 35.4 Å². The van der Waals surface area contributed by atoms with Gasteiger partial charge in [-0.1, -0.05) is 6.08 Å². The molecule has 10 heavy (non-hydrogen) atoms. The molecule has 2 N–H and O–H groups in total. The molecule has 1 rings (SSSR count). The van der Waals surface area contributed by atoms with Crippen molar-refractivity contribution in [3.8, 4) is 0 Å². The molecule has 1 atom stereocenters. The first-order valence-corrected chi connectivity index (χ1v) is 3.09. The fourth-order valence-electron chi connectivity index (χ4n) is 0.869. The first-order valence-electron chi connectivity index (χ1n) is 3.09. The lowest BCUT2D eigenvalue weighted by Crippen LogP contribution is -2.33. The Labute approximate surface area is 59.1 Å². The molecule has 0 aromatic rings. The lowest BCUT2D eigenvalue weighted by atomic mass is 10.5. The van der Waals surface area contributed by atoms with E-state index in [1.807, 2.05) is 0 Å². The molecule has 0 aliphatic carbocycles. The molecule has 1 aliphatic heterocycles. The van der Waals surface area contributed by atoms with Gasteiger partial charge >= 0.3 is 6.03 Å². The molecule has 2 amide bonds. The fourth-order valence-corrected chi connectivity index (χ4v) is 0.869. The molecule has 0 bridgehead atoms. The average molecular weight is 142 g/mol. The van der Waals surface area contributed by atoms with Crippen LogP contribution in [0.5, 0.6) is 0 Å². The van der Waals surface area contributed by atoms with E-state index in [0.29, 0.717) is 13.1 Å². The van der Waals surface area contributed by atoms with Crippen LogP contribution in [0.15, 0.2) is 12.7 Å². The molecule has 0 aromatic heterocycles. The van der Waals surface area contributed by atoms with Gasteiger partial charge in [0.25, 0.3) is 0 Å². The smallest absolute Gasteiger partial charge is 0.319 e. The van der Waals surface area contributed by atoms with Gasteiger partial charge in [-0.3, -0.25) is 4.90 Å². The van der Waals surface area contributed by atoms with Gasteiger partial charge in [0.1, 0.15) is 6.23 Å². The average Bonchev–Trinajstić information content (AvgIpc) is 2.20. The maximum atomic E-state index is 10.8. The van der Waals surface area contributed by atoms with Crippen molar-refractivity contribution in [2.75, 3.05) is 13.1 Å². The number of aliphatic hydroxyl groups excluding tert-OH is 1. The van der Waals surface area contributed by atoms with Crippen molar-refractivity contribution < 1.29 is 9.90 Å². The molecule has 1 heterocycles. The van der Waals surface area contributed by atoms with Crippen molar-refractivity contribution in [3.63, 3.8) is 0 Å². The number of carbonyl (C=O) groups is 1. The van der Waals surface area contributed by atoms with E-state index < -0.39 is 6.23 Å². The summed E-state index contributed by atoms with van der Waals surface area (Å²) < 4.78 is 0. The molecule has 0 radical (unpaired) electrons. The maximum Gasteiger partial charge on any atom is 0.319 e. The SMILES string of the molecule is C=CCN1C(=O)NCC1O. The quantitative estimate of drug-likeness (QED) is 0.511. The summed E-state index contributed by atoms with van der Waals surface area (Å²) in [6.45, 7) is 4.17. The summed E-state index contributed by atoms with van der Waals surface area (Å²) in [4.78, 5) is 12.1. The number of aliphatic hydroxyl groups is 1. The summed E-state index contributed by atoms with van der Waals surface area (Å²) >= 11 is 0. The highest BCUT2D eigenvalue weighted by Crippen LogP contribution is 2.02. The molecule has 56 valence electrons. The molecule has 4 heteroatoms. The molecule has 0 saturated carbocycles. The minimum Gasteiger partial charge on any atom is -0.372 e. The normalized spacial score (nSPS) is 24.7. The highest BCUT2D eigenvalue weighted by Gasteiger charge is 2.26. The third kappa shape index (κ3) is 1.11. The van der Waals surface area contributed by atoms with E-state index in [0.717, 1.165) is 0 Å². The first-order chi connectivity index (χ1) is 4.75. The van der Waals surface area contributed by atoms with Gasteiger partial charge in [0.15, 0.2) is 0 Å². The zero-order chi connectivity index (χ0) is 7.56. The largest absolute Gasteiger partial charge is 0.372 e. The molecule has 0 aromatic carbocycles. The molecule has 1 aliphatic rings. The molecular formula is C6H10N2O2. The van der Waals surface area contributed by atoms with Crippen LogP contribution in [0, 0.1) is 0 Å². The standard InChI is InChI=1S/C6H10N2O2/c1-2-3-8-5(9)4-7-6(8)10/h2,5,9H,1,3-4H2,(H,7,10). The van der Waals surface area contributed by atoms with E-state index in [1.165, 1.54) is 4.90 Å². The second-order valence-corrected chi connectivity index (χ2v) is 2.11. The van der Waals surface area contributed by atoms with E-state index in [9.17, 15) is 4.79 Å². The van der Waals surface area contributed by atoms with Crippen LogP contribution in [0.1, 0.15) is 0 Å². The number of nitrogens with zero attached hydrogens (tertiary/aromatic N) is 1. The van der Waals surface area contributed by atoms with Crippen molar-refractivity contribution in [1.29, 1.82) is 0 Å². The summed E-state index contributed by atoms with van der Waals surface area (Å²) in [6.07, 6.45) is 0.888. The summed E-state index contributed by atoms with van der Waals surface area (Å²) in [5.41, 5.74) is 0. The monoisotopic (exact) mass is 142 g/mol. The summed E-state index contributed by atoms with van der Waals surface area (Å²) in [7, 11) is 0. The molecule has 4 nitrogen and oxygen atoms in total. The van der Waals surface area contributed by atoms with Crippen molar-refractivity contribution in [2.24, 2.45) is 0 Å². The Balaban J connectivity index is 2.53. The van der Waals surface area contributed by atoms with Gasteiger partial charge in [-0.05, 0) is 0 Å². The van der Waals surface area contributed by atoms with E-state index in [4.69, 9.17) is 5.11 Å². The Morgan fingerprint density at radius 2 is 2.70 bits per heavy atom. The minimum absolute atomic E-state index is 0.229. The van der Waals surface area contributed by atoms with Crippen LogP contribution in [0.3, 0.4) is 0 Å². The Morgan fingerprint density at radius 3 is 3.10 bits per heavy atom. The molecule has 1 fully saturated rings. The highest BCUT2D eigenvalue weighted by atomic mass is 16.3. The number of nitrogens with one attached hydrogen (secondary N) is 1. The number of urea groups is 1. The van der Waals surface area contributed by atoms with Crippen molar-refractivity contribution in [2.45, 2.75) is 6.23 Å². The summed E-state index contributed by atoms with van der Waals surface area (Å²) in [5, 5.41) is 11.6. The van der Waals surface area contributed by atoms with Crippen molar-refractivity contribution >= 4 is 6.03 Å². The predicted octanol–water partition coefficient (Wildman–Crippen LogP) is -0.484. The summed E-state index contributed by atoms with van der Waals surface area (Å²) in [6, 6.07) is -0.229. The second kappa shape index (κ2) is 2.70. The Hall–Kier alpha value is -1.03.